The average Bonchev–Trinajstić information content (AvgIpc) is 2.52. The Morgan fingerprint density at radius 3 is 2.71 bits per heavy atom. The Hall–Kier alpha value is -1.31. The number of allylic oxidation sites excluding steroid dienone is 2. The standard InChI is InChI=1S/C9H6ClNO2S/c1-5(12)7(3-11)9(13)6-2-8(10)14-4-6/h2,4,12H,1H3/b7-5-. The Balaban J connectivity index is 3.09. The van der Waals surface area contributed by atoms with Crippen molar-refractivity contribution in [3.05, 3.63) is 32.7 Å². The Labute approximate surface area is 89.9 Å². The number of Topliss-reactive ketones (excluding diaryl/α,β-unsaturated/α-hetero) is 1. The molecule has 14 heavy (non-hydrogen) atoms. The van der Waals surface area contributed by atoms with Gasteiger partial charge < -0.3 is 5.11 Å². The number of nitrogens with zero attached hydrogens (tertiary/aromatic N) is 1. The first-order valence-electron chi connectivity index (χ1n) is 3.65. The molecule has 1 rings (SSSR count). The normalized spacial score (nSPS) is 11.8. The molecule has 0 unspecified atom stereocenters. The lowest BCUT2D eigenvalue weighted by Gasteiger charge is -1.95. The first-order chi connectivity index (χ1) is 6.56. The number of hydrogen-bond donors (Lipinski definition) is 1. The van der Waals surface area contributed by atoms with Crippen LogP contribution in [0.5, 0.6) is 0 Å². The number of carbonyl (C=O) groups excluding carboxylic acids is 1. The molecule has 0 saturated heterocycles. The van der Waals surface area contributed by atoms with Gasteiger partial charge in [-0.3, -0.25) is 4.79 Å². The van der Waals surface area contributed by atoms with Crippen molar-refractivity contribution in [2.45, 2.75) is 6.92 Å². The molecule has 0 fully saturated rings. The van der Waals surface area contributed by atoms with Gasteiger partial charge in [0.2, 0.25) is 5.78 Å². The van der Waals surface area contributed by atoms with Gasteiger partial charge in [-0.25, -0.2) is 0 Å². The van der Waals surface area contributed by atoms with Crippen LogP contribution >= 0.6 is 22.9 Å². The van der Waals surface area contributed by atoms with Crippen LogP contribution < -0.4 is 0 Å². The molecule has 3 nitrogen and oxygen atoms in total. The summed E-state index contributed by atoms with van der Waals surface area (Å²) in [5, 5.41) is 19.2. The highest BCUT2D eigenvalue weighted by molar-refractivity contribution is 7.14. The molecule has 0 bridgehead atoms. The third-order valence-corrected chi connectivity index (χ3v) is 2.62. The third-order valence-electron chi connectivity index (χ3n) is 1.53. The van der Waals surface area contributed by atoms with Gasteiger partial charge in [-0.2, -0.15) is 5.26 Å². The number of rotatable bonds is 2. The average molecular weight is 228 g/mol. The molecule has 1 aromatic heterocycles. The van der Waals surface area contributed by atoms with Crippen LogP contribution in [-0.2, 0) is 0 Å². The van der Waals surface area contributed by atoms with E-state index < -0.39 is 5.78 Å². The summed E-state index contributed by atoms with van der Waals surface area (Å²) in [5.74, 6) is -0.782. The lowest BCUT2D eigenvalue weighted by molar-refractivity contribution is 0.103. The van der Waals surface area contributed by atoms with Crippen molar-refractivity contribution >= 4 is 28.7 Å². The Kier molecular flexibility index (Phi) is 3.28. The van der Waals surface area contributed by atoms with Crippen molar-refractivity contribution in [3.8, 4) is 6.07 Å². The smallest absolute Gasteiger partial charge is 0.207 e. The third kappa shape index (κ3) is 2.13. The summed E-state index contributed by atoms with van der Waals surface area (Å²) in [6.07, 6.45) is 0. The zero-order valence-corrected chi connectivity index (χ0v) is 8.82. The maximum absolute atomic E-state index is 11.5. The van der Waals surface area contributed by atoms with E-state index in [1.54, 1.807) is 11.4 Å². The van der Waals surface area contributed by atoms with Crippen molar-refractivity contribution < 1.29 is 9.90 Å². The van der Waals surface area contributed by atoms with Crippen molar-refractivity contribution in [3.63, 3.8) is 0 Å². The number of halogens is 1. The summed E-state index contributed by atoms with van der Waals surface area (Å²) in [5.41, 5.74) is 0.0735. The van der Waals surface area contributed by atoms with Gasteiger partial charge in [-0.05, 0) is 13.0 Å². The van der Waals surface area contributed by atoms with E-state index in [1.165, 1.54) is 24.3 Å². The monoisotopic (exact) mass is 227 g/mol. The van der Waals surface area contributed by atoms with Gasteiger partial charge in [-0.1, -0.05) is 11.6 Å². The zero-order valence-electron chi connectivity index (χ0n) is 7.24. The summed E-state index contributed by atoms with van der Waals surface area (Å²) < 4.78 is 0.473. The first kappa shape index (κ1) is 10.8. The number of nitriles is 1. The number of thiophene rings is 1. The van der Waals surface area contributed by atoms with Crippen LogP contribution in [0, 0.1) is 11.3 Å². The molecule has 0 atom stereocenters. The number of aliphatic hydroxyl groups excluding tert-OH is 1. The van der Waals surface area contributed by atoms with Crippen molar-refractivity contribution in [1.29, 1.82) is 5.26 Å². The molecule has 0 aliphatic carbocycles. The highest BCUT2D eigenvalue weighted by atomic mass is 35.5. The van der Waals surface area contributed by atoms with E-state index in [-0.39, 0.29) is 11.3 Å². The van der Waals surface area contributed by atoms with E-state index in [1.807, 2.05) is 0 Å². The molecule has 72 valence electrons. The Bertz CT molecular complexity index is 438. The number of carbonyl (C=O) groups is 1. The highest BCUT2D eigenvalue weighted by Gasteiger charge is 2.16. The van der Waals surface area contributed by atoms with E-state index in [0.29, 0.717) is 9.90 Å². The number of hydrogen-bond acceptors (Lipinski definition) is 4. The maximum atomic E-state index is 11.5. The topological polar surface area (TPSA) is 61.1 Å². The zero-order chi connectivity index (χ0) is 10.7. The summed E-state index contributed by atoms with van der Waals surface area (Å²) in [6.45, 7) is 1.30. The van der Waals surface area contributed by atoms with Gasteiger partial charge in [0.25, 0.3) is 0 Å². The predicted molar refractivity (Wildman–Crippen MR) is 54.6 cm³/mol. The fourth-order valence-corrected chi connectivity index (χ4v) is 1.73. The largest absolute Gasteiger partial charge is 0.511 e. The SMILES string of the molecule is C/C(O)=C(\C#N)C(=O)c1csc(Cl)c1. The van der Waals surface area contributed by atoms with Crippen LogP contribution in [0.25, 0.3) is 0 Å². The number of ketones is 1. The maximum Gasteiger partial charge on any atom is 0.207 e. The number of aliphatic hydroxyl groups is 1. The fraction of sp³-hybridized carbons (Fsp3) is 0.111. The lowest BCUT2D eigenvalue weighted by Crippen LogP contribution is -2.02. The quantitative estimate of drug-likeness (QED) is 0.366. The molecule has 0 radical (unpaired) electrons. The molecule has 0 aliphatic rings. The molecular weight excluding hydrogens is 222 g/mol. The summed E-state index contributed by atoms with van der Waals surface area (Å²) >= 11 is 6.84. The molecule has 0 aromatic carbocycles. The predicted octanol–water partition coefficient (Wildman–Crippen LogP) is 2.94. The van der Waals surface area contributed by atoms with Crippen LogP contribution in [0.3, 0.4) is 0 Å². The van der Waals surface area contributed by atoms with Gasteiger partial charge in [-0.15, -0.1) is 11.3 Å². The first-order valence-corrected chi connectivity index (χ1v) is 4.90. The van der Waals surface area contributed by atoms with Crippen LogP contribution in [-0.4, -0.2) is 10.9 Å². The minimum Gasteiger partial charge on any atom is -0.511 e. The second kappa shape index (κ2) is 4.27. The fourth-order valence-electron chi connectivity index (χ4n) is 0.869. The van der Waals surface area contributed by atoms with Crippen molar-refractivity contribution in [2.75, 3.05) is 0 Å². The second-order valence-corrected chi connectivity index (χ2v) is 4.08. The molecule has 1 heterocycles. The molecule has 0 amide bonds. The Morgan fingerprint density at radius 1 is 1.71 bits per heavy atom. The molecular formula is C9H6ClNO2S. The molecule has 1 N–H and O–H groups in total. The van der Waals surface area contributed by atoms with Crippen LogP contribution in [0.1, 0.15) is 17.3 Å². The van der Waals surface area contributed by atoms with Gasteiger partial charge in [0.05, 0.1) is 4.34 Å². The van der Waals surface area contributed by atoms with E-state index >= 15 is 0 Å². The highest BCUT2D eigenvalue weighted by Crippen LogP contribution is 2.22. The Morgan fingerprint density at radius 2 is 2.36 bits per heavy atom. The summed E-state index contributed by atoms with van der Waals surface area (Å²) in [6, 6.07) is 3.12. The molecule has 0 saturated carbocycles. The van der Waals surface area contributed by atoms with E-state index in [4.69, 9.17) is 22.0 Å². The van der Waals surface area contributed by atoms with E-state index in [9.17, 15) is 4.79 Å². The van der Waals surface area contributed by atoms with Gasteiger partial charge in [0.1, 0.15) is 17.4 Å². The van der Waals surface area contributed by atoms with Gasteiger partial charge >= 0.3 is 0 Å². The van der Waals surface area contributed by atoms with Crippen LogP contribution in [0.2, 0.25) is 4.34 Å². The van der Waals surface area contributed by atoms with Crippen LogP contribution in [0.4, 0.5) is 0 Å². The molecule has 5 heteroatoms. The molecule has 1 aromatic rings. The molecule has 0 aliphatic heterocycles. The van der Waals surface area contributed by atoms with Gasteiger partial charge in [0.15, 0.2) is 0 Å². The summed E-state index contributed by atoms with van der Waals surface area (Å²) in [7, 11) is 0. The lowest BCUT2D eigenvalue weighted by atomic mass is 10.1. The van der Waals surface area contributed by atoms with Gasteiger partial charge in [0, 0.05) is 10.9 Å². The summed E-state index contributed by atoms with van der Waals surface area (Å²) in [4.78, 5) is 11.5. The van der Waals surface area contributed by atoms with E-state index in [0.717, 1.165) is 0 Å². The molecule has 0 spiro atoms. The minimum atomic E-state index is -0.504. The minimum absolute atomic E-state index is 0.250. The van der Waals surface area contributed by atoms with Crippen molar-refractivity contribution in [2.24, 2.45) is 0 Å². The van der Waals surface area contributed by atoms with Crippen LogP contribution in [0.15, 0.2) is 22.8 Å². The van der Waals surface area contributed by atoms with E-state index in [2.05, 4.69) is 0 Å². The second-order valence-electron chi connectivity index (χ2n) is 2.54. The van der Waals surface area contributed by atoms with Crippen molar-refractivity contribution in [1.82, 2.24) is 0 Å².